The van der Waals surface area contributed by atoms with Gasteiger partial charge in [-0.15, -0.1) is 0 Å². The Morgan fingerprint density at radius 2 is 1.77 bits per heavy atom. The minimum atomic E-state index is 0.432. The molecule has 0 aromatic heterocycles. The fourth-order valence-electron chi connectivity index (χ4n) is 1.82. The first kappa shape index (κ1) is 12.9. The van der Waals surface area contributed by atoms with Crippen LogP contribution in [-0.4, -0.2) is 26.7 Å². The second-order valence-corrected chi connectivity index (χ2v) is 5.04. The molecule has 0 heterocycles. The molecule has 0 fully saturated rings. The molecule has 0 rings (SSSR count). The molecule has 0 atom stereocenters. The maximum absolute atomic E-state index is 3.47. The van der Waals surface area contributed by atoms with Gasteiger partial charge >= 0.3 is 0 Å². The fourth-order valence-corrected chi connectivity index (χ4v) is 1.82. The second-order valence-electron chi connectivity index (χ2n) is 5.04. The molecule has 0 radical (unpaired) electrons. The normalized spacial score (nSPS) is 12.5. The van der Waals surface area contributed by atoms with Gasteiger partial charge in [0.05, 0.1) is 0 Å². The number of hydrogen-bond acceptors (Lipinski definition) is 2. The van der Waals surface area contributed by atoms with Crippen LogP contribution in [0.4, 0.5) is 0 Å². The number of likely N-dealkylation sites (N-methyl/N-ethyl adjacent to an activating group) is 1. The van der Waals surface area contributed by atoms with E-state index in [4.69, 9.17) is 0 Å². The summed E-state index contributed by atoms with van der Waals surface area (Å²) in [6, 6.07) is 0. The zero-order valence-corrected chi connectivity index (χ0v) is 9.91. The highest BCUT2D eigenvalue weighted by atomic mass is 14.9. The molecule has 80 valence electrons. The molecule has 0 saturated heterocycles. The van der Waals surface area contributed by atoms with Gasteiger partial charge in [-0.2, -0.15) is 0 Å². The molecule has 2 nitrogen and oxygen atoms in total. The van der Waals surface area contributed by atoms with Crippen LogP contribution in [0.1, 0.15) is 34.1 Å². The first-order chi connectivity index (χ1) is 5.98. The molecule has 2 heteroatoms. The summed E-state index contributed by atoms with van der Waals surface area (Å²) in [6.45, 7) is 12.5. The van der Waals surface area contributed by atoms with E-state index in [0.717, 1.165) is 25.6 Å². The monoisotopic (exact) mass is 186 g/mol. The Hall–Kier alpha value is -0.0800. The molecule has 13 heavy (non-hydrogen) atoms. The molecule has 0 aliphatic heterocycles. The van der Waals surface area contributed by atoms with Gasteiger partial charge in [0.1, 0.15) is 0 Å². The molecule has 0 aromatic rings. The van der Waals surface area contributed by atoms with Gasteiger partial charge in [0.2, 0.25) is 0 Å². The van der Waals surface area contributed by atoms with Crippen molar-refractivity contribution < 1.29 is 0 Å². The number of hydrogen-bond donors (Lipinski definition) is 2. The Labute approximate surface area is 83.5 Å². The van der Waals surface area contributed by atoms with Crippen LogP contribution >= 0.6 is 0 Å². The van der Waals surface area contributed by atoms with E-state index in [-0.39, 0.29) is 0 Å². The van der Waals surface area contributed by atoms with Crippen molar-refractivity contribution in [1.29, 1.82) is 0 Å². The summed E-state index contributed by atoms with van der Waals surface area (Å²) in [6.07, 6.45) is 1.29. The highest BCUT2D eigenvalue weighted by Gasteiger charge is 2.18. The molecule has 0 aliphatic carbocycles. The van der Waals surface area contributed by atoms with E-state index in [9.17, 15) is 0 Å². The van der Waals surface area contributed by atoms with Crippen LogP contribution in [0.2, 0.25) is 0 Å². The van der Waals surface area contributed by atoms with E-state index in [0.29, 0.717) is 5.41 Å². The van der Waals surface area contributed by atoms with Crippen molar-refractivity contribution >= 4 is 0 Å². The maximum atomic E-state index is 3.47. The summed E-state index contributed by atoms with van der Waals surface area (Å²) >= 11 is 0. The quantitative estimate of drug-likeness (QED) is 0.593. The van der Waals surface area contributed by atoms with Crippen molar-refractivity contribution in [2.75, 3.05) is 26.7 Å². The third-order valence-electron chi connectivity index (χ3n) is 2.12. The summed E-state index contributed by atoms with van der Waals surface area (Å²) in [5, 5.41) is 6.60. The minimum absolute atomic E-state index is 0.432. The third kappa shape index (κ3) is 8.26. The molecule has 0 aliphatic rings. The molecule has 0 unspecified atom stereocenters. The standard InChI is InChI=1S/C11H26N2/c1-10(2)8-11(3,4)9-13-7-6-12-5/h10,12-13H,6-9H2,1-5H3. The van der Waals surface area contributed by atoms with Gasteiger partial charge in [0, 0.05) is 19.6 Å². The minimum Gasteiger partial charge on any atom is -0.318 e. The Balaban J connectivity index is 3.50. The van der Waals surface area contributed by atoms with Crippen LogP contribution in [0.5, 0.6) is 0 Å². The van der Waals surface area contributed by atoms with E-state index in [1.165, 1.54) is 6.42 Å². The lowest BCUT2D eigenvalue weighted by Crippen LogP contribution is -2.34. The lowest BCUT2D eigenvalue weighted by molar-refractivity contribution is 0.274. The molecular weight excluding hydrogens is 160 g/mol. The third-order valence-corrected chi connectivity index (χ3v) is 2.12. The average Bonchev–Trinajstić information content (AvgIpc) is 1.95. The summed E-state index contributed by atoms with van der Waals surface area (Å²) in [7, 11) is 1.99. The zero-order chi connectivity index (χ0) is 10.3. The molecule has 2 N–H and O–H groups in total. The van der Waals surface area contributed by atoms with Gasteiger partial charge in [0.25, 0.3) is 0 Å². The number of nitrogens with one attached hydrogen (secondary N) is 2. The average molecular weight is 186 g/mol. The lowest BCUT2D eigenvalue weighted by Gasteiger charge is -2.27. The van der Waals surface area contributed by atoms with Crippen molar-refractivity contribution in [2.45, 2.75) is 34.1 Å². The van der Waals surface area contributed by atoms with Crippen LogP contribution in [0.15, 0.2) is 0 Å². The second kappa shape index (κ2) is 6.39. The molecule has 0 saturated carbocycles. The van der Waals surface area contributed by atoms with Gasteiger partial charge in [-0.1, -0.05) is 27.7 Å². The Morgan fingerprint density at radius 1 is 1.15 bits per heavy atom. The van der Waals surface area contributed by atoms with Crippen LogP contribution in [0.25, 0.3) is 0 Å². The van der Waals surface area contributed by atoms with Crippen molar-refractivity contribution in [3.05, 3.63) is 0 Å². The summed E-state index contributed by atoms with van der Waals surface area (Å²) in [5.41, 5.74) is 0.432. The van der Waals surface area contributed by atoms with Crippen molar-refractivity contribution in [3.63, 3.8) is 0 Å². The van der Waals surface area contributed by atoms with Crippen molar-refractivity contribution in [3.8, 4) is 0 Å². The predicted octanol–water partition coefficient (Wildman–Crippen LogP) is 1.87. The summed E-state index contributed by atoms with van der Waals surface area (Å²) in [5.74, 6) is 0.793. The number of rotatable bonds is 7. The van der Waals surface area contributed by atoms with Gasteiger partial charge < -0.3 is 10.6 Å². The smallest absolute Gasteiger partial charge is 0.00768 e. The van der Waals surface area contributed by atoms with Crippen LogP contribution in [-0.2, 0) is 0 Å². The van der Waals surface area contributed by atoms with Crippen LogP contribution in [0, 0.1) is 11.3 Å². The van der Waals surface area contributed by atoms with Gasteiger partial charge in [-0.05, 0) is 24.8 Å². The zero-order valence-electron chi connectivity index (χ0n) is 9.91. The Bertz CT molecular complexity index is 119. The highest BCUT2D eigenvalue weighted by Crippen LogP contribution is 2.23. The van der Waals surface area contributed by atoms with Crippen molar-refractivity contribution in [2.24, 2.45) is 11.3 Å². The maximum Gasteiger partial charge on any atom is 0.00768 e. The fraction of sp³-hybridized carbons (Fsp3) is 1.00. The van der Waals surface area contributed by atoms with Crippen molar-refractivity contribution in [1.82, 2.24) is 10.6 Å². The predicted molar refractivity (Wildman–Crippen MR) is 60.0 cm³/mol. The van der Waals surface area contributed by atoms with Crippen LogP contribution < -0.4 is 10.6 Å². The van der Waals surface area contributed by atoms with E-state index >= 15 is 0 Å². The Kier molecular flexibility index (Phi) is 6.35. The van der Waals surface area contributed by atoms with Gasteiger partial charge in [0.15, 0.2) is 0 Å². The van der Waals surface area contributed by atoms with E-state index in [2.05, 4.69) is 38.3 Å². The molecule has 0 spiro atoms. The lowest BCUT2D eigenvalue weighted by atomic mass is 9.84. The molecule has 0 bridgehead atoms. The Morgan fingerprint density at radius 3 is 2.23 bits per heavy atom. The van der Waals surface area contributed by atoms with Crippen LogP contribution in [0.3, 0.4) is 0 Å². The largest absolute Gasteiger partial charge is 0.318 e. The van der Waals surface area contributed by atoms with E-state index in [1.807, 2.05) is 7.05 Å². The molecule has 0 aromatic carbocycles. The first-order valence-corrected chi connectivity index (χ1v) is 5.33. The van der Waals surface area contributed by atoms with Gasteiger partial charge in [-0.25, -0.2) is 0 Å². The first-order valence-electron chi connectivity index (χ1n) is 5.33. The SMILES string of the molecule is CNCCNCC(C)(C)CC(C)C. The summed E-state index contributed by atoms with van der Waals surface area (Å²) in [4.78, 5) is 0. The van der Waals surface area contributed by atoms with E-state index in [1.54, 1.807) is 0 Å². The van der Waals surface area contributed by atoms with Gasteiger partial charge in [-0.3, -0.25) is 0 Å². The molecular formula is C11H26N2. The summed E-state index contributed by atoms with van der Waals surface area (Å²) < 4.78 is 0. The highest BCUT2D eigenvalue weighted by molar-refractivity contribution is 4.73. The van der Waals surface area contributed by atoms with E-state index < -0.39 is 0 Å². The molecule has 0 amide bonds. The topological polar surface area (TPSA) is 24.1 Å².